The summed E-state index contributed by atoms with van der Waals surface area (Å²) < 4.78 is 6.17. The molecule has 2 rings (SSSR count). The number of hydrogen-bond donors (Lipinski definition) is 1. The molecule has 0 radical (unpaired) electrons. The highest BCUT2D eigenvalue weighted by Crippen LogP contribution is 2.29. The molecular formula is C14H18BrNO2S. The van der Waals surface area contributed by atoms with E-state index in [1.165, 1.54) is 6.42 Å². The normalized spacial score (nSPS) is 22.3. The van der Waals surface area contributed by atoms with Gasteiger partial charge in [0, 0.05) is 15.8 Å². The maximum atomic E-state index is 12.3. The smallest absolute Gasteiger partial charge is 0.255 e. The van der Waals surface area contributed by atoms with Crippen LogP contribution < -0.4 is 10.1 Å². The Hall–Kier alpha value is -0.680. The van der Waals surface area contributed by atoms with Crippen LogP contribution >= 0.6 is 27.7 Å². The van der Waals surface area contributed by atoms with Crippen molar-refractivity contribution >= 4 is 33.6 Å². The van der Waals surface area contributed by atoms with Gasteiger partial charge in [-0.3, -0.25) is 4.79 Å². The van der Waals surface area contributed by atoms with Crippen molar-refractivity contribution in [2.24, 2.45) is 0 Å². The zero-order valence-corrected chi connectivity index (χ0v) is 13.5. The van der Waals surface area contributed by atoms with Gasteiger partial charge in [-0.1, -0.05) is 15.9 Å². The number of carbonyl (C=O) groups excluding carboxylic acids is 1. The van der Waals surface area contributed by atoms with Gasteiger partial charge in [0.15, 0.2) is 0 Å². The third kappa shape index (κ3) is 3.66. The van der Waals surface area contributed by atoms with Gasteiger partial charge in [-0.25, -0.2) is 0 Å². The third-order valence-electron chi connectivity index (χ3n) is 3.46. The first-order valence-corrected chi connectivity index (χ1v) is 8.39. The highest BCUT2D eigenvalue weighted by Gasteiger charge is 2.26. The van der Waals surface area contributed by atoms with E-state index in [0.29, 0.717) is 22.6 Å². The summed E-state index contributed by atoms with van der Waals surface area (Å²) in [5, 5.41) is 3.78. The summed E-state index contributed by atoms with van der Waals surface area (Å²) in [6.07, 6.45) is 5.44. The Morgan fingerprint density at radius 1 is 1.47 bits per heavy atom. The van der Waals surface area contributed by atoms with E-state index in [0.717, 1.165) is 17.3 Å². The topological polar surface area (TPSA) is 38.3 Å². The lowest BCUT2D eigenvalue weighted by molar-refractivity contribution is 0.0935. The van der Waals surface area contributed by atoms with E-state index in [9.17, 15) is 4.79 Å². The zero-order valence-electron chi connectivity index (χ0n) is 11.1. The standard InChI is InChI=1S/C14H18BrNO2S/c1-18-13-7-9(15)3-6-12(13)14(17)16-10-4-5-11(8-10)19-2/h3,6-7,10-11H,4-5,8H2,1-2H3,(H,16,17). The molecule has 2 unspecified atom stereocenters. The number of rotatable bonds is 4. The first-order chi connectivity index (χ1) is 9.13. The predicted molar refractivity (Wildman–Crippen MR) is 83.1 cm³/mol. The number of amides is 1. The maximum Gasteiger partial charge on any atom is 0.255 e. The minimum atomic E-state index is -0.0453. The van der Waals surface area contributed by atoms with Crippen molar-refractivity contribution in [1.82, 2.24) is 5.32 Å². The molecule has 0 saturated heterocycles. The van der Waals surface area contributed by atoms with Crippen LogP contribution in [0.25, 0.3) is 0 Å². The van der Waals surface area contributed by atoms with Crippen LogP contribution in [-0.4, -0.2) is 30.6 Å². The van der Waals surface area contributed by atoms with Crippen LogP contribution in [0.3, 0.4) is 0 Å². The van der Waals surface area contributed by atoms with Crippen molar-refractivity contribution < 1.29 is 9.53 Å². The molecule has 0 aliphatic heterocycles. The quantitative estimate of drug-likeness (QED) is 0.909. The van der Waals surface area contributed by atoms with E-state index in [1.807, 2.05) is 23.9 Å². The third-order valence-corrected chi connectivity index (χ3v) is 5.05. The molecule has 0 aromatic heterocycles. The number of nitrogens with one attached hydrogen (secondary N) is 1. The van der Waals surface area contributed by atoms with Crippen molar-refractivity contribution in [3.05, 3.63) is 28.2 Å². The van der Waals surface area contributed by atoms with Crippen LogP contribution in [-0.2, 0) is 0 Å². The Morgan fingerprint density at radius 2 is 2.26 bits per heavy atom. The van der Waals surface area contributed by atoms with Gasteiger partial charge in [0.1, 0.15) is 5.75 Å². The molecular weight excluding hydrogens is 326 g/mol. The fourth-order valence-electron chi connectivity index (χ4n) is 2.40. The van der Waals surface area contributed by atoms with E-state index in [1.54, 1.807) is 13.2 Å². The number of benzene rings is 1. The van der Waals surface area contributed by atoms with Crippen LogP contribution in [0, 0.1) is 0 Å². The summed E-state index contributed by atoms with van der Waals surface area (Å²) in [4.78, 5) is 12.3. The lowest BCUT2D eigenvalue weighted by Gasteiger charge is -2.14. The van der Waals surface area contributed by atoms with Crippen molar-refractivity contribution in [2.45, 2.75) is 30.6 Å². The molecule has 0 spiro atoms. The van der Waals surface area contributed by atoms with Crippen LogP contribution in [0.1, 0.15) is 29.6 Å². The molecule has 1 saturated carbocycles. The van der Waals surface area contributed by atoms with Gasteiger partial charge in [0.25, 0.3) is 5.91 Å². The minimum absolute atomic E-state index is 0.0453. The van der Waals surface area contributed by atoms with Crippen molar-refractivity contribution in [3.8, 4) is 5.75 Å². The van der Waals surface area contributed by atoms with E-state index >= 15 is 0 Å². The molecule has 0 bridgehead atoms. The van der Waals surface area contributed by atoms with Crippen LogP contribution in [0.2, 0.25) is 0 Å². The Labute approximate surface area is 126 Å². The zero-order chi connectivity index (χ0) is 13.8. The van der Waals surface area contributed by atoms with Gasteiger partial charge in [0.2, 0.25) is 0 Å². The summed E-state index contributed by atoms with van der Waals surface area (Å²) in [5.74, 6) is 0.558. The first-order valence-electron chi connectivity index (χ1n) is 6.31. The lowest BCUT2D eigenvalue weighted by Crippen LogP contribution is -2.33. The van der Waals surface area contributed by atoms with Crippen molar-refractivity contribution in [2.75, 3.05) is 13.4 Å². The van der Waals surface area contributed by atoms with Gasteiger partial charge in [-0.05, 0) is 43.7 Å². The Bertz CT molecular complexity index is 467. The summed E-state index contributed by atoms with van der Waals surface area (Å²) >= 11 is 5.26. The highest BCUT2D eigenvalue weighted by atomic mass is 79.9. The Morgan fingerprint density at radius 3 is 2.89 bits per heavy atom. The summed E-state index contributed by atoms with van der Waals surface area (Å²) in [6, 6.07) is 5.75. The predicted octanol–water partition coefficient (Wildman–Crippen LogP) is 3.47. The van der Waals surface area contributed by atoms with Crippen molar-refractivity contribution in [3.63, 3.8) is 0 Å². The molecule has 1 N–H and O–H groups in total. The van der Waals surface area contributed by atoms with E-state index in [4.69, 9.17) is 4.74 Å². The first kappa shape index (κ1) is 14.7. The number of hydrogen-bond acceptors (Lipinski definition) is 3. The lowest BCUT2D eigenvalue weighted by atomic mass is 10.1. The summed E-state index contributed by atoms with van der Waals surface area (Å²) in [6.45, 7) is 0. The minimum Gasteiger partial charge on any atom is -0.496 e. The summed E-state index contributed by atoms with van der Waals surface area (Å²) in [7, 11) is 1.58. The SMILES string of the molecule is COc1cc(Br)ccc1C(=O)NC1CCC(SC)C1. The van der Waals surface area contributed by atoms with Crippen LogP contribution in [0.4, 0.5) is 0 Å². The molecule has 19 heavy (non-hydrogen) atoms. The van der Waals surface area contributed by atoms with E-state index in [2.05, 4.69) is 27.5 Å². The van der Waals surface area contributed by atoms with Crippen molar-refractivity contribution in [1.29, 1.82) is 0 Å². The Kier molecular flexibility index (Phi) is 5.16. The average Bonchev–Trinajstić information content (AvgIpc) is 2.86. The number of methoxy groups -OCH3 is 1. The number of ether oxygens (including phenoxy) is 1. The van der Waals surface area contributed by atoms with Crippen LogP contribution in [0.15, 0.2) is 22.7 Å². The van der Waals surface area contributed by atoms with Crippen LogP contribution in [0.5, 0.6) is 5.75 Å². The number of halogens is 1. The second-order valence-corrected chi connectivity index (χ2v) is 6.74. The molecule has 5 heteroatoms. The second-order valence-electron chi connectivity index (χ2n) is 4.69. The number of carbonyl (C=O) groups is 1. The molecule has 1 aliphatic carbocycles. The highest BCUT2D eigenvalue weighted by molar-refractivity contribution is 9.10. The fraction of sp³-hybridized carbons (Fsp3) is 0.500. The Balaban J connectivity index is 2.04. The molecule has 3 nitrogen and oxygen atoms in total. The molecule has 104 valence electrons. The second kappa shape index (κ2) is 6.66. The molecule has 1 aromatic rings. The molecule has 1 amide bonds. The summed E-state index contributed by atoms with van der Waals surface area (Å²) in [5.41, 5.74) is 0.596. The largest absolute Gasteiger partial charge is 0.496 e. The maximum absolute atomic E-state index is 12.3. The molecule has 2 atom stereocenters. The van der Waals surface area contributed by atoms with Gasteiger partial charge in [0.05, 0.1) is 12.7 Å². The fourth-order valence-corrected chi connectivity index (χ4v) is 3.54. The van der Waals surface area contributed by atoms with Gasteiger partial charge in [-0.15, -0.1) is 0 Å². The van der Waals surface area contributed by atoms with Gasteiger partial charge >= 0.3 is 0 Å². The molecule has 1 aliphatic rings. The van der Waals surface area contributed by atoms with E-state index < -0.39 is 0 Å². The molecule has 0 heterocycles. The average molecular weight is 344 g/mol. The van der Waals surface area contributed by atoms with E-state index in [-0.39, 0.29) is 5.91 Å². The molecule has 1 aromatic carbocycles. The monoisotopic (exact) mass is 343 g/mol. The number of thioether (sulfide) groups is 1. The molecule has 1 fully saturated rings. The van der Waals surface area contributed by atoms with Gasteiger partial charge in [-0.2, -0.15) is 11.8 Å². The van der Waals surface area contributed by atoms with Gasteiger partial charge < -0.3 is 10.1 Å².